The summed E-state index contributed by atoms with van der Waals surface area (Å²) in [6, 6.07) is 22.4. The number of aryl methyl sites for hydroxylation is 1. The first kappa shape index (κ1) is 31.5. The van der Waals surface area contributed by atoms with Crippen molar-refractivity contribution >= 4 is 33.3 Å². The average molecular weight is 578 g/mol. The van der Waals surface area contributed by atoms with Gasteiger partial charge in [0.15, 0.2) is 5.78 Å². The highest BCUT2D eigenvalue weighted by atomic mass is 32.2. The molecule has 2 amide bonds. The molecular formula is C32H39N3O5S. The quantitative estimate of drug-likeness (QED) is 0.224. The predicted octanol–water partition coefficient (Wildman–Crippen LogP) is 4.52. The maximum atomic E-state index is 14.1. The van der Waals surface area contributed by atoms with E-state index in [2.05, 4.69) is 5.32 Å². The molecule has 1 N–H and O–H groups in total. The fraction of sp³-hybridized carbons (Fsp3) is 0.344. The zero-order chi connectivity index (χ0) is 30.0. The van der Waals surface area contributed by atoms with Crippen molar-refractivity contribution in [2.75, 3.05) is 23.7 Å². The Balaban J connectivity index is 2.04. The second-order valence-corrected chi connectivity index (χ2v) is 12.1. The van der Waals surface area contributed by atoms with Crippen molar-refractivity contribution in [2.24, 2.45) is 0 Å². The van der Waals surface area contributed by atoms with Gasteiger partial charge in [0, 0.05) is 25.1 Å². The van der Waals surface area contributed by atoms with Gasteiger partial charge in [-0.05, 0) is 43.5 Å². The van der Waals surface area contributed by atoms with Crippen LogP contribution in [0, 0.1) is 6.92 Å². The van der Waals surface area contributed by atoms with Crippen molar-refractivity contribution in [1.82, 2.24) is 10.2 Å². The Kier molecular flexibility index (Phi) is 11.2. The van der Waals surface area contributed by atoms with Gasteiger partial charge in [-0.3, -0.25) is 18.7 Å². The minimum Gasteiger partial charge on any atom is -0.354 e. The van der Waals surface area contributed by atoms with Gasteiger partial charge in [-0.2, -0.15) is 0 Å². The second-order valence-electron chi connectivity index (χ2n) is 10.2. The summed E-state index contributed by atoms with van der Waals surface area (Å²) in [6.07, 6.45) is 2.97. The standard InChI is InChI=1S/C32H39N3O5S/c1-5-6-19-33-32(38)30(20-26-11-8-7-9-12-26)34(22-27-17-15-24(2)16-18-27)31(37)23-35(41(4,39)40)29-14-10-13-28(21-29)25(3)36/h7-18,21,30H,5-6,19-20,22-23H2,1-4H3,(H,33,38)/t30-/m1/s1. The summed E-state index contributed by atoms with van der Waals surface area (Å²) >= 11 is 0. The Bertz CT molecular complexity index is 1440. The number of rotatable bonds is 14. The van der Waals surface area contributed by atoms with Gasteiger partial charge < -0.3 is 10.2 Å². The molecule has 0 spiro atoms. The molecule has 0 bridgehead atoms. The van der Waals surface area contributed by atoms with Crippen LogP contribution in [0.5, 0.6) is 0 Å². The van der Waals surface area contributed by atoms with Gasteiger partial charge in [-0.15, -0.1) is 0 Å². The second kappa shape index (κ2) is 14.6. The summed E-state index contributed by atoms with van der Waals surface area (Å²) in [7, 11) is -3.92. The van der Waals surface area contributed by atoms with E-state index in [1.807, 2.05) is 68.4 Å². The maximum absolute atomic E-state index is 14.1. The molecule has 0 radical (unpaired) electrons. The molecule has 41 heavy (non-hydrogen) atoms. The zero-order valence-electron chi connectivity index (χ0n) is 24.2. The summed E-state index contributed by atoms with van der Waals surface area (Å²) in [4.78, 5) is 41.2. The minimum absolute atomic E-state index is 0.114. The number of benzene rings is 3. The number of carbonyl (C=O) groups is 3. The van der Waals surface area contributed by atoms with E-state index in [4.69, 9.17) is 0 Å². The van der Waals surface area contributed by atoms with Gasteiger partial charge in [0.05, 0.1) is 11.9 Å². The fourth-order valence-electron chi connectivity index (χ4n) is 4.44. The number of anilines is 1. The normalized spacial score (nSPS) is 11.9. The molecule has 0 fully saturated rings. The lowest BCUT2D eigenvalue weighted by Crippen LogP contribution is -2.53. The number of unbranched alkanes of at least 4 members (excludes halogenated alkanes) is 1. The molecular weight excluding hydrogens is 538 g/mol. The summed E-state index contributed by atoms with van der Waals surface area (Å²) in [5.74, 6) is -1.05. The highest BCUT2D eigenvalue weighted by molar-refractivity contribution is 7.92. The number of sulfonamides is 1. The molecule has 0 aliphatic rings. The molecule has 0 aliphatic carbocycles. The molecule has 0 aliphatic heterocycles. The van der Waals surface area contributed by atoms with E-state index < -0.39 is 28.5 Å². The Hall–Kier alpha value is -3.98. The Morgan fingerprint density at radius 1 is 0.902 bits per heavy atom. The lowest BCUT2D eigenvalue weighted by atomic mass is 10.0. The van der Waals surface area contributed by atoms with Crippen molar-refractivity contribution in [2.45, 2.75) is 52.6 Å². The molecule has 3 aromatic carbocycles. The minimum atomic E-state index is -3.92. The van der Waals surface area contributed by atoms with Crippen molar-refractivity contribution in [1.29, 1.82) is 0 Å². The van der Waals surface area contributed by atoms with E-state index >= 15 is 0 Å². The molecule has 0 aromatic heterocycles. The average Bonchev–Trinajstić information content (AvgIpc) is 2.94. The Morgan fingerprint density at radius 3 is 2.20 bits per heavy atom. The van der Waals surface area contributed by atoms with E-state index in [-0.39, 0.29) is 30.3 Å². The Labute approximate surface area is 243 Å². The first-order valence-corrected chi connectivity index (χ1v) is 15.6. The Morgan fingerprint density at radius 2 is 1.59 bits per heavy atom. The molecule has 0 saturated heterocycles. The lowest BCUT2D eigenvalue weighted by molar-refractivity contribution is -0.140. The van der Waals surface area contributed by atoms with Crippen LogP contribution in [0.1, 0.15) is 53.7 Å². The third-order valence-corrected chi connectivity index (χ3v) is 7.93. The van der Waals surface area contributed by atoms with Crippen LogP contribution in [0.4, 0.5) is 5.69 Å². The molecule has 218 valence electrons. The molecule has 1 atom stereocenters. The fourth-order valence-corrected chi connectivity index (χ4v) is 5.29. The molecule has 8 nitrogen and oxygen atoms in total. The van der Waals surface area contributed by atoms with Crippen LogP contribution >= 0.6 is 0 Å². The van der Waals surface area contributed by atoms with Crippen molar-refractivity contribution < 1.29 is 22.8 Å². The number of nitrogens with one attached hydrogen (secondary N) is 1. The third kappa shape index (κ3) is 9.28. The topological polar surface area (TPSA) is 104 Å². The summed E-state index contributed by atoms with van der Waals surface area (Å²) in [5.41, 5.74) is 3.28. The van der Waals surface area contributed by atoms with Gasteiger partial charge in [0.1, 0.15) is 12.6 Å². The van der Waals surface area contributed by atoms with Crippen molar-refractivity contribution in [3.05, 3.63) is 101 Å². The van der Waals surface area contributed by atoms with Crippen molar-refractivity contribution in [3.63, 3.8) is 0 Å². The molecule has 0 heterocycles. The van der Waals surface area contributed by atoms with Gasteiger partial charge in [-0.1, -0.05) is 85.6 Å². The summed E-state index contributed by atoms with van der Waals surface area (Å²) in [6.45, 7) is 5.44. The van der Waals surface area contributed by atoms with Crippen LogP contribution in [0.25, 0.3) is 0 Å². The number of carbonyl (C=O) groups excluding carboxylic acids is 3. The van der Waals surface area contributed by atoms with Crippen LogP contribution in [-0.2, 0) is 32.6 Å². The van der Waals surface area contributed by atoms with E-state index in [0.717, 1.165) is 40.1 Å². The number of hydrogen-bond acceptors (Lipinski definition) is 5. The van der Waals surface area contributed by atoms with Gasteiger partial charge in [0.2, 0.25) is 21.8 Å². The number of Topliss-reactive ketones (excluding diaryl/α,β-unsaturated/α-hetero) is 1. The summed E-state index contributed by atoms with van der Waals surface area (Å²) in [5, 5.41) is 2.97. The van der Waals surface area contributed by atoms with E-state index in [1.54, 1.807) is 18.2 Å². The third-order valence-electron chi connectivity index (χ3n) is 6.79. The van der Waals surface area contributed by atoms with Gasteiger partial charge in [-0.25, -0.2) is 8.42 Å². The van der Waals surface area contributed by atoms with Crippen LogP contribution < -0.4 is 9.62 Å². The molecule has 0 saturated carbocycles. The molecule has 0 unspecified atom stereocenters. The monoisotopic (exact) mass is 577 g/mol. The number of nitrogens with zero attached hydrogens (tertiary/aromatic N) is 2. The lowest BCUT2D eigenvalue weighted by Gasteiger charge is -2.33. The SMILES string of the molecule is CCCCNC(=O)[C@@H](Cc1ccccc1)N(Cc1ccc(C)cc1)C(=O)CN(c1cccc(C(C)=O)c1)S(C)(=O)=O. The van der Waals surface area contributed by atoms with E-state index in [1.165, 1.54) is 17.9 Å². The zero-order valence-corrected chi connectivity index (χ0v) is 25.0. The van der Waals surface area contributed by atoms with Crippen LogP contribution in [0.15, 0.2) is 78.9 Å². The largest absolute Gasteiger partial charge is 0.354 e. The van der Waals surface area contributed by atoms with Gasteiger partial charge >= 0.3 is 0 Å². The van der Waals surface area contributed by atoms with Crippen molar-refractivity contribution in [3.8, 4) is 0 Å². The maximum Gasteiger partial charge on any atom is 0.244 e. The number of amides is 2. The van der Waals surface area contributed by atoms with Crippen LogP contribution in [-0.4, -0.2) is 56.3 Å². The van der Waals surface area contributed by atoms with E-state index in [9.17, 15) is 22.8 Å². The number of hydrogen-bond donors (Lipinski definition) is 1. The summed E-state index contributed by atoms with van der Waals surface area (Å²) < 4.78 is 26.8. The van der Waals surface area contributed by atoms with Crippen LogP contribution in [0.2, 0.25) is 0 Å². The molecule has 9 heteroatoms. The molecule has 3 rings (SSSR count). The van der Waals surface area contributed by atoms with Crippen LogP contribution in [0.3, 0.4) is 0 Å². The first-order chi connectivity index (χ1) is 19.5. The molecule has 3 aromatic rings. The van der Waals surface area contributed by atoms with Gasteiger partial charge in [0.25, 0.3) is 0 Å². The first-order valence-electron chi connectivity index (χ1n) is 13.7. The smallest absolute Gasteiger partial charge is 0.244 e. The number of ketones is 1. The highest BCUT2D eigenvalue weighted by Crippen LogP contribution is 2.22. The highest BCUT2D eigenvalue weighted by Gasteiger charge is 2.33. The predicted molar refractivity (Wildman–Crippen MR) is 162 cm³/mol. The van der Waals surface area contributed by atoms with E-state index in [0.29, 0.717) is 12.1 Å².